The Morgan fingerprint density at radius 2 is 1.90 bits per heavy atom. The third kappa shape index (κ3) is 4.57. The molecular weight excluding hydrogens is 412 g/mol. The Morgan fingerprint density at radius 3 is 2.59 bits per heavy atom. The molecule has 2 heterocycles. The first-order valence-electron chi connectivity index (χ1n) is 8.75. The van der Waals surface area contributed by atoms with Crippen molar-refractivity contribution in [3.8, 4) is 0 Å². The number of rotatable bonds is 6. The molecule has 0 aliphatic rings. The number of carbonyl (C=O) groups excluding carboxylic acids is 1. The average Bonchev–Trinajstić information content (AvgIpc) is 3.04. The van der Waals surface area contributed by atoms with Crippen molar-refractivity contribution in [3.63, 3.8) is 0 Å². The highest BCUT2D eigenvalue weighted by Gasteiger charge is 2.20. The Morgan fingerprint density at radius 1 is 1.17 bits per heavy atom. The number of fused-ring (bicyclic) bond motifs is 1. The smallest absolute Gasteiger partial charge is 0.253 e. The van der Waals surface area contributed by atoms with Gasteiger partial charge < -0.3 is 5.32 Å². The zero-order valence-electron chi connectivity index (χ0n) is 16.8. The number of anilines is 1. The number of nitrogens with zero attached hydrogens (tertiary/aromatic N) is 5. The van der Waals surface area contributed by atoms with Gasteiger partial charge in [-0.3, -0.25) is 4.79 Å². The monoisotopic (exact) mass is 434 g/mol. The molecule has 0 fully saturated rings. The van der Waals surface area contributed by atoms with Crippen molar-refractivity contribution < 1.29 is 13.2 Å². The summed E-state index contributed by atoms with van der Waals surface area (Å²) in [6.07, 6.45) is 0. The van der Waals surface area contributed by atoms with E-state index in [2.05, 4.69) is 20.4 Å². The first-order valence-corrected chi connectivity index (χ1v) is 11.2. The predicted octanol–water partition coefficient (Wildman–Crippen LogP) is 2.03. The summed E-state index contributed by atoms with van der Waals surface area (Å²) in [4.78, 5) is 21.1. The van der Waals surface area contributed by atoms with E-state index in [1.165, 1.54) is 31.9 Å². The van der Waals surface area contributed by atoms with E-state index in [9.17, 15) is 13.2 Å². The van der Waals surface area contributed by atoms with Crippen LogP contribution in [0.15, 0.2) is 34.3 Å². The first-order chi connectivity index (χ1) is 13.6. The van der Waals surface area contributed by atoms with Crippen LogP contribution in [0.1, 0.15) is 17.0 Å². The van der Waals surface area contributed by atoms with Crippen LogP contribution in [0.3, 0.4) is 0 Å². The van der Waals surface area contributed by atoms with Crippen LogP contribution in [0.25, 0.3) is 5.78 Å². The maximum absolute atomic E-state index is 12.4. The van der Waals surface area contributed by atoms with Gasteiger partial charge in [-0.25, -0.2) is 22.2 Å². The molecule has 1 amide bonds. The fraction of sp³-hybridized carbons (Fsp3) is 0.333. The van der Waals surface area contributed by atoms with E-state index < -0.39 is 10.0 Å². The molecule has 29 heavy (non-hydrogen) atoms. The minimum atomic E-state index is -3.60. The minimum Gasteiger partial charge on any atom is -0.325 e. The van der Waals surface area contributed by atoms with Crippen LogP contribution in [-0.4, -0.2) is 58.1 Å². The highest BCUT2D eigenvalue weighted by molar-refractivity contribution is 7.99. The minimum absolute atomic E-state index is 0.0819. The molecule has 11 heteroatoms. The molecule has 0 saturated heterocycles. The Labute approximate surface area is 173 Å². The molecule has 0 spiro atoms. The lowest BCUT2D eigenvalue weighted by molar-refractivity contribution is -0.113. The van der Waals surface area contributed by atoms with E-state index in [1.54, 1.807) is 23.6 Å². The van der Waals surface area contributed by atoms with Crippen molar-refractivity contribution in [1.29, 1.82) is 0 Å². The highest BCUT2D eigenvalue weighted by atomic mass is 32.2. The van der Waals surface area contributed by atoms with E-state index >= 15 is 0 Å². The van der Waals surface area contributed by atoms with Crippen LogP contribution >= 0.6 is 11.8 Å². The second-order valence-corrected chi connectivity index (χ2v) is 9.81. The van der Waals surface area contributed by atoms with E-state index in [0.717, 1.165) is 15.7 Å². The molecule has 3 aromatic rings. The number of sulfonamides is 1. The third-order valence-electron chi connectivity index (χ3n) is 4.16. The summed E-state index contributed by atoms with van der Waals surface area (Å²) in [5, 5.41) is 7.52. The zero-order chi connectivity index (χ0) is 21.3. The molecule has 1 N–H and O–H groups in total. The van der Waals surface area contributed by atoms with Crippen LogP contribution in [0.5, 0.6) is 0 Å². The SMILES string of the molecule is Cc1cc(C)n2nc(SCC(=O)Nc3ccc(C)c(S(=O)(=O)N(C)C)c3)nc2n1. The lowest BCUT2D eigenvalue weighted by atomic mass is 10.2. The number of nitrogens with one attached hydrogen (secondary N) is 1. The van der Waals surface area contributed by atoms with E-state index in [1.807, 2.05) is 19.9 Å². The quantitative estimate of drug-likeness (QED) is 0.591. The summed E-state index contributed by atoms with van der Waals surface area (Å²) >= 11 is 1.18. The molecule has 2 aromatic heterocycles. The second-order valence-electron chi connectivity index (χ2n) is 6.75. The molecule has 0 aliphatic heterocycles. The Bertz CT molecular complexity index is 1190. The summed E-state index contributed by atoms with van der Waals surface area (Å²) in [7, 11) is -0.659. The number of carbonyl (C=O) groups is 1. The second kappa shape index (κ2) is 8.09. The van der Waals surface area contributed by atoms with Gasteiger partial charge in [0.25, 0.3) is 5.78 Å². The van der Waals surface area contributed by atoms with Crippen molar-refractivity contribution >= 4 is 39.2 Å². The number of hydrogen-bond acceptors (Lipinski definition) is 7. The van der Waals surface area contributed by atoms with Gasteiger partial charge in [-0.1, -0.05) is 17.8 Å². The molecule has 0 bridgehead atoms. The largest absolute Gasteiger partial charge is 0.325 e. The number of aromatic nitrogens is 4. The molecular formula is C18H22N6O3S2. The van der Waals surface area contributed by atoms with Gasteiger partial charge in [0.2, 0.25) is 21.1 Å². The van der Waals surface area contributed by atoms with Crippen LogP contribution < -0.4 is 5.32 Å². The third-order valence-corrected chi connectivity index (χ3v) is 6.96. The summed E-state index contributed by atoms with van der Waals surface area (Å²) < 4.78 is 27.6. The van der Waals surface area contributed by atoms with Gasteiger partial charge in [-0.15, -0.1) is 5.10 Å². The topological polar surface area (TPSA) is 110 Å². The van der Waals surface area contributed by atoms with Crippen molar-refractivity contribution in [3.05, 3.63) is 41.2 Å². The van der Waals surface area contributed by atoms with Gasteiger partial charge in [0.1, 0.15) is 0 Å². The first kappa shape index (κ1) is 21.2. The Hall–Kier alpha value is -2.50. The maximum Gasteiger partial charge on any atom is 0.253 e. The number of aryl methyl sites for hydroxylation is 3. The number of thioether (sulfide) groups is 1. The van der Waals surface area contributed by atoms with Crippen LogP contribution in [0.2, 0.25) is 0 Å². The fourth-order valence-corrected chi connectivity index (χ4v) is 4.45. The molecule has 0 unspecified atom stereocenters. The summed E-state index contributed by atoms with van der Waals surface area (Å²) in [6, 6.07) is 6.71. The Kier molecular flexibility index (Phi) is 5.92. The van der Waals surface area contributed by atoms with Gasteiger partial charge in [-0.2, -0.15) is 4.98 Å². The number of hydrogen-bond donors (Lipinski definition) is 1. The lowest BCUT2D eigenvalue weighted by Gasteiger charge is -2.15. The van der Waals surface area contributed by atoms with Crippen LogP contribution in [0.4, 0.5) is 5.69 Å². The van der Waals surface area contributed by atoms with Crippen LogP contribution in [-0.2, 0) is 14.8 Å². The van der Waals surface area contributed by atoms with Gasteiger partial charge in [0.05, 0.1) is 10.6 Å². The van der Waals surface area contributed by atoms with Crippen molar-refractivity contribution in [2.45, 2.75) is 30.8 Å². The van der Waals surface area contributed by atoms with Gasteiger partial charge in [-0.05, 0) is 44.5 Å². The van der Waals surface area contributed by atoms with Crippen LogP contribution in [0, 0.1) is 20.8 Å². The molecule has 1 aromatic carbocycles. The van der Waals surface area contributed by atoms with Gasteiger partial charge in [0, 0.05) is 31.2 Å². The number of benzene rings is 1. The molecule has 9 nitrogen and oxygen atoms in total. The molecule has 3 rings (SSSR count). The molecule has 0 radical (unpaired) electrons. The average molecular weight is 435 g/mol. The van der Waals surface area contributed by atoms with Crippen molar-refractivity contribution in [1.82, 2.24) is 23.9 Å². The Balaban J connectivity index is 1.71. The summed E-state index contributed by atoms with van der Waals surface area (Å²) in [5.41, 5.74) is 2.78. The van der Waals surface area contributed by atoms with E-state index in [-0.39, 0.29) is 16.6 Å². The summed E-state index contributed by atoms with van der Waals surface area (Å²) in [6.45, 7) is 5.51. The summed E-state index contributed by atoms with van der Waals surface area (Å²) in [5.74, 6) is 0.285. The molecule has 0 saturated carbocycles. The normalized spacial score (nSPS) is 11.9. The molecule has 154 valence electrons. The fourth-order valence-electron chi connectivity index (χ4n) is 2.69. The predicted molar refractivity (Wildman–Crippen MR) is 112 cm³/mol. The standard InChI is InChI=1S/C18H22N6O3S2/c1-11-6-7-14(9-15(11)29(26,27)23(4)5)20-16(25)10-28-18-21-17-19-12(2)8-13(3)24(17)22-18/h6-9H,10H2,1-5H3,(H,20,25). The van der Waals surface area contributed by atoms with Gasteiger partial charge in [0.15, 0.2) is 0 Å². The molecule has 0 aliphatic carbocycles. The highest BCUT2D eigenvalue weighted by Crippen LogP contribution is 2.23. The van der Waals surface area contributed by atoms with Crippen molar-refractivity contribution in [2.75, 3.05) is 25.2 Å². The lowest BCUT2D eigenvalue weighted by Crippen LogP contribution is -2.23. The number of amides is 1. The van der Waals surface area contributed by atoms with Gasteiger partial charge >= 0.3 is 0 Å². The van der Waals surface area contributed by atoms with E-state index in [0.29, 0.717) is 22.2 Å². The van der Waals surface area contributed by atoms with E-state index in [4.69, 9.17) is 0 Å². The van der Waals surface area contributed by atoms with Crippen molar-refractivity contribution in [2.24, 2.45) is 0 Å². The maximum atomic E-state index is 12.4. The molecule has 0 atom stereocenters. The zero-order valence-corrected chi connectivity index (χ0v) is 18.4.